The molecule has 2 heterocycles. The molecule has 0 aliphatic carbocycles. The first-order valence-corrected chi connectivity index (χ1v) is 4.16. The minimum absolute atomic E-state index is 0.244. The lowest BCUT2D eigenvalue weighted by atomic mass is 10.4. The number of nitrogens with one attached hydrogen (secondary N) is 2. The summed E-state index contributed by atoms with van der Waals surface area (Å²) in [7, 11) is 0. The van der Waals surface area contributed by atoms with Gasteiger partial charge in [-0.2, -0.15) is 0 Å². The van der Waals surface area contributed by atoms with Crippen molar-refractivity contribution in [1.82, 2.24) is 15.3 Å². The molecular weight excluding hydrogens is 182 g/mol. The Morgan fingerprint density at radius 2 is 2.57 bits per heavy atom. The summed E-state index contributed by atoms with van der Waals surface area (Å²) in [6, 6.07) is 3.57. The number of nitrogens with zero attached hydrogens (tertiary/aromatic N) is 1. The molecule has 0 fully saturated rings. The molecule has 0 atom stereocenters. The maximum Gasteiger partial charge on any atom is 0.287 e. The average molecular weight is 191 g/mol. The predicted molar refractivity (Wildman–Crippen MR) is 48.5 cm³/mol. The zero-order chi connectivity index (χ0) is 9.80. The van der Waals surface area contributed by atoms with Crippen LogP contribution in [0.3, 0.4) is 0 Å². The maximum atomic E-state index is 11.4. The van der Waals surface area contributed by atoms with Crippen molar-refractivity contribution < 1.29 is 9.21 Å². The summed E-state index contributed by atoms with van der Waals surface area (Å²) in [5.41, 5.74) is 0. The molecule has 0 saturated heterocycles. The highest BCUT2D eigenvalue weighted by molar-refractivity contribution is 5.90. The Morgan fingerprint density at radius 3 is 3.21 bits per heavy atom. The summed E-state index contributed by atoms with van der Waals surface area (Å²) in [4.78, 5) is 17.9. The summed E-state index contributed by atoms with van der Waals surface area (Å²) >= 11 is 0. The minimum Gasteiger partial charge on any atom is -0.467 e. The quantitative estimate of drug-likeness (QED) is 0.758. The van der Waals surface area contributed by atoms with Gasteiger partial charge in [-0.3, -0.25) is 4.79 Å². The number of carbonyl (C=O) groups excluding carboxylic acids is 1. The van der Waals surface area contributed by atoms with E-state index in [-0.39, 0.29) is 5.91 Å². The standard InChI is InChI=1S/C9H9N3O2/c13-9(8-10-3-4-11-8)12-6-7-2-1-5-14-7/h1-5H,6H2,(H,10,11)(H,12,13). The zero-order valence-electron chi connectivity index (χ0n) is 7.36. The second-order valence-corrected chi connectivity index (χ2v) is 2.70. The van der Waals surface area contributed by atoms with Crippen LogP contribution in [-0.4, -0.2) is 15.9 Å². The number of amides is 1. The van der Waals surface area contributed by atoms with Crippen molar-refractivity contribution in [2.45, 2.75) is 6.54 Å². The van der Waals surface area contributed by atoms with Gasteiger partial charge < -0.3 is 14.7 Å². The highest BCUT2D eigenvalue weighted by atomic mass is 16.3. The number of aromatic nitrogens is 2. The molecule has 2 aromatic rings. The highest BCUT2D eigenvalue weighted by Crippen LogP contribution is 1.99. The van der Waals surface area contributed by atoms with Gasteiger partial charge in [-0.1, -0.05) is 0 Å². The largest absolute Gasteiger partial charge is 0.467 e. The van der Waals surface area contributed by atoms with Crippen LogP contribution in [0.4, 0.5) is 0 Å². The molecule has 2 rings (SSSR count). The van der Waals surface area contributed by atoms with Crippen LogP contribution in [0.2, 0.25) is 0 Å². The SMILES string of the molecule is O=C(NCc1ccco1)c1ncc[nH]1. The van der Waals surface area contributed by atoms with Gasteiger partial charge in [0.05, 0.1) is 12.8 Å². The van der Waals surface area contributed by atoms with Gasteiger partial charge in [0.1, 0.15) is 5.76 Å². The lowest BCUT2D eigenvalue weighted by molar-refractivity contribution is 0.0938. The predicted octanol–water partition coefficient (Wildman–Crippen LogP) is 0.933. The molecule has 0 unspecified atom stereocenters. The Balaban J connectivity index is 1.90. The zero-order valence-corrected chi connectivity index (χ0v) is 7.36. The fraction of sp³-hybridized carbons (Fsp3) is 0.111. The second-order valence-electron chi connectivity index (χ2n) is 2.70. The molecule has 5 nitrogen and oxygen atoms in total. The van der Waals surface area contributed by atoms with Crippen molar-refractivity contribution in [2.75, 3.05) is 0 Å². The van der Waals surface area contributed by atoms with Crippen molar-refractivity contribution in [3.05, 3.63) is 42.4 Å². The summed E-state index contributed by atoms with van der Waals surface area (Å²) < 4.78 is 5.06. The van der Waals surface area contributed by atoms with E-state index in [0.29, 0.717) is 18.1 Å². The fourth-order valence-corrected chi connectivity index (χ4v) is 1.05. The Hall–Kier alpha value is -2.04. The molecule has 14 heavy (non-hydrogen) atoms. The Labute approximate surface area is 80.2 Å². The molecule has 0 spiro atoms. The lowest BCUT2D eigenvalue weighted by Gasteiger charge is -1.99. The van der Waals surface area contributed by atoms with Crippen molar-refractivity contribution >= 4 is 5.91 Å². The van der Waals surface area contributed by atoms with Crippen LogP contribution >= 0.6 is 0 Å². The summed E-state index contributed by atoms with van der Waals surface area (Å²) in [6.07, 6.45) is 4.69. The third kappa shape index (κ3) is 1.82. The number of carbonyl (C=O) groups is 1. The Morgan fingerprint density at radius 1 is 1.64 bits per heavy atom. The molecule has 0 aliphatic heterocycles. The van der Waals surface area contributed by atoms with E-state index in [1.54, 1.807) is 24.6 Å². The third-order valence-corrected chi connectivity index (χ3v) is 1.72. The normalized spacial score (nSPS) is 10.0. The van der Waals surface area contributed by atoms with E-state index in [1.807, 2.05) is 0 Å². The van der Waals surface area contributed by atoms with Crippen molar-refractivity contribution in [3.63, 3.8) is 0 Å². The molecule has 0 radical (unpaired) electrons. The van der Waals surface area contributed by atoms with E-state index in [1.165, 1.54) is 6.20 Å². The van der Waals surface area contributed by atoms with Crippen LogP contribution in [-0.2, 0) is 6.54 Å². The number of imidazole rings is 1. The fourth-order valence-electron chi connectivity index (χ4n) is 1.05. The Bertz CT molecular complexity index is 392. The molecular formula is C9H9N3O2. The average Bonchev–Trinajstić information content (AvgIpc) is 2.87. The van der Waals surface area contributed by atoms with Gasteiger partial charge in [-0.15, -0.1) is 0 Å². The van der Waals surface area contributed by atoms with Gasteiger partial charge in [0.2, 0.25) is 0 Å². The van der Waals surface area contributed by atoms with Gasteiger partial charge in [-0.25, -0.2) is 4.98 Å². The second kappa shape index (κ2) is 3.78. The smallest absolute Gasteiger partial charge is 0.287 e. The van der Waals surface area contributed by atoms with Gasteiger partial charge in [0.15, 0.2) is 5.82 Å². The van der Waals surface area contributed by atoms with E-state index >= 15 is 0 Å². The molecule has 5 heteroatoms. The minimum atomic E-state index is -0.244. The lowest BCUT2D eigenvalue weighted by Crippen LogP contribution is -2.23. The van der Waals surface area contributed by atoms with E-state index < -0.39 is 0 Å². The Kier molecular flexibility index (Phi) is 2.31. The molecule has 0 saturated carbocycles. The summed E-state index contributed by atoms with van der Waals surface area (Å²) in [6.45, 7) is 0.368. The van der Waals surface area contributed by atoms with Crippen LogP contribution in [0.25, 0.3) is 0 Å². The van der Waals surface area contributed by atoms with Gasteiger partial charge in [-0.05, 0) is 12.1 Å². The van der Waals surface area contributed by atoms with Crippen molar-refractivity contribution in [2.24, 2.45) is 0 Å². The summed E-state index contributed by atoms with van der Waals surface area (Å²) in [5.74, 6) is 0.771. The third-order valence-electron chi connectivity index (χ3n) is 1.72. The van der Waals surface area contributed by atoms with Crippen LogP contribution in [0.5, 0.6) is 0 Å². The molecule has 2 aromatic heterocycles. The van der Waals surface area contributed by atoms with Gasteiger partial charge >= 0.3 is 0 Å². The van der Waals surface area contributed by atoms with Gasteiger partial charge in [0, 0.05) is 12.4 Å². The van der Waals surface area contributed by atoms with Crippen molar-refractivity contribution in [3.8, 4) is 0 Å². The summed E-state index contributed by atoms with van der Waals surface area (Å²) in [5, 5.41) is 2.66. The first kappa shape index (κ1) is 8.55. The maximum absolute atomic E-state index is 11.4. The van der Waals surface area contributed by atoms with E-state index in [9.17, 15) is 4.79 Å². The number of furan rings is 1. The number of hydrogen-bond acceptors (Lipinski definition) is 3. The molecule has 0 aliphatic rings. The molecule has 0 bridgehead atoms. The number of rotatable bonds is 3. The molecule has 1 amide bonds. The van der Waals surface area contributed by atoms with E-state index in [2.05, 4.69) is 15.3 Å². The number of H-pyrrole nitrogens is 1. The molecule has 0 aromatic carbocycles. The number of hydrogen-bond donors (Lipinski definition) is 2. The van der Waals surface area contributed by atoms with Crippen LogP contribution in [0.15, 0.2) is 35.2 Å². The van der Waals surface area contributed by atoms with Crippen LogP contribution in [0.1, 0.15) is 16.4 Å². The van der Waals surface area contributed by atoms with Crippen LogP contribution in [0, 0.1) is 0 Å². The first-order chi connectivity index (χ1) is 6.86. The van der Waals surface area contributed by atoms with E-state index in [0.717, 1.165) is 0 Å². The molecule has 2 N–H and O–H groups in total. The van der Waals surface area contributed by atoms with E-state index in [4.69, 9.17) is 4.42 Å². The highest BCUT2D eigenvalue weighted by Gasteiger charge is 2.07. The topological polar surface area (TPSA) is 70.9 Å². The monoisotopic (exact) mass is 191 g/mol. The van der Waals surface area contributed by atoms with Gasteiger partial charge in [0.25, 0.3) is 5.91 Å². The molecule has 72 valence electrons. The first-order valence-electron chi connectivity index (χ1n) is 4.16. The van der Waals surface area contributed by atoms with Crippen molar-refractivity contribution in [1.29, 1.82) is 0 Å². The number of aromatic amines is 1. The van der Waals surface area contributed by atoms with Crippen LogP contribution < -0.4 is 5.32 Å².